The maximum Gasteiger partial charge on any atom is 0.410 e. The molecule has 1 atom stereocenters. The Balaban J connectivity index is 2.59. The van der Waals surface area contributed by atoms with E-state index < -0.39 is 5.60 Å². The summed E-state index contributed by atoms with van der Waals surface area (Å²) in [6.45, 7) is 7.65. The number of likely N-dealkylation sites (tertiary alicyclic amines) is 1. The van der Waals surface area contributed by atoms with Gasteiger partial charge in [0.1, 0.15) is 5.60 Å². The van der Waals surface area contributed by atoms with Crippen LogP contribution in [-0.4, -0.2) is 42.8 Å². The Morgan fingerprint density at radius 3 is 2.68 bits per heavy atom. The summed E-state index contributed by atoms with van der Waals surface area (Å²) in [4.78, 5) is 14.3. The van der Waals surface area contributed by atoms with Crippen LogP contribution in [0.1, 0.15) is 59.3 Å². The van der Waals surface area contributed by atoms with Crippen molar-refractivity contribution in [2.45, 2.75) is 70.9 Å². The number of amides is 1. The highest BCUT2D eigenvalue weighted by Gasteiger charge is 2.28. The first kappa shape index (κ1) is 16.3. The molecule has 0 saturated carbocycles. The molecule has 0 aromatic rings. The first-order valence-corrected chi connectivity index (χ1v) is 7.58. The number of nitrogens with zero attached hydrogens (tertiary/aromatic N) is 1. The van der Waals surface area contributed by atoms with Gasteiger partial charge in [-0.1, -0.05) is 12.8 Å². The summed E-state index contributed by atoms with van der Waals surface area (Å²) in [6.07, 6.45) is 6.71. The molecule has 0 spiro atoms. The average molecular weight is 270 g/mol. The van der Waals surface area contributed by atoms with Crippen molar-refractivity contribution >= 4 is 6.09 Å². The highest BCUT2D eigenvalue weighted by atomic mass is 16.6. The molecule has 1 unspecified atom stereocenters. The summed E-state index contributed by atoms with van der Waals surface area (Å²) in [6, 6.07) is 0.352. The fourth-order valence-corrected chi connectivity index (χ4v) is 2.55. The molecule has 0 radical (unpaired) electrons. The number of carbonyl (C=O) groups is 1. The van der Waals surface area contributed by atoms with Crippen LogP contribution in [0.2, 0.25) is 0 Å². The van der Waals surface area contributed by atoms with Gasteiger partial charge in [-0.3, -0.25) is 0 Å². The van der Waals surface area contributed by atoms with Gasteiger partial charge in [0.2, 0.25) is 0 Å². The molecule has 1 N–H and O–H groups in total. The smallest absolute Gasteiger partial charge is 0.410 e. The molecule has 1 rings (SSSR count). The second kappa shape index (κ2) is 7.73. The van der Waals surface area contributed by atoms with Gasteiger partial charge in [-0.25, -0.2) is 4.79 Å². The SMILES string of the molecule is CNCCCC1CCCCCN1C(=O)OC(C)(C)C. The second-order valence-corrected chi connectivity index (χ2v) is 6.42. The van der Waals surface area contributed by atoms with Crippen LogP contribution in [0.15, 0.2) is 0 Å². The predicted octanol–water partition coefficient (Wildman–Crippen LogP) is 3.17. The molecule has 1 amide bonds. The minimum atomic E-state index is -0.404. The zero-order chi connectivity index (χ0) is 14.3. The van der Waals surface area contributed by atoms with Gasteiger partial charge in [-0.15, -0.1) is 0 Å². The van der Waals surface area contributed by atoms with Crippen molar-refractivity contribution in [2.24, 2.45) is 0 Å². The van der Waals surface area contributed by atoms with Crippen molar-refractivity contribution in [3.05, 3.63) is 0 Å². The van der Waals surface area contributed by atoms with Crippen molar-refractivity contribution < 1.29 is 9.53 Å². The third kappa shape index (κ3) is 6.28. The number of rotatable bonds is 4. The van der Waals surface area contributed by atoms with Gasteiger partial charge < -0.3 is 15.0 Å². The van der Waals surface area contributed by atoms with Crippen molar-refractivity contribution in [3.8, 4) is 0 Å². The molecule has 1 fully saturated rings. The van der Waals surface area contributed by atoms with E-state index in [0.29, 0.717) is 6.04 Å². The first-order chi connectivity index (χ1) is 8.94. The van der Waals surface area contributed by atoms with Gasteiger partial charge in [0.05, 0.1) is 0 Å². The van der Waals surface area contributed by atoms with Gasteiger partial charge in [0.15, 0.2) is 0 Å². The number of carbonyl (C=O) groups excluding carboxylic acids is 1. The first-order valence-electron chi connectivity index (χ1n) is 7.58. The van der Waals surface area contributed by atoms with Crippen molar-refractivity contribution in [3.63, 3.8) is 0 Å². The Kier molecular flexibility index (Phi) is 6.63. The van der Waals surface area contributed by atoms with E-state index in [9.17, 15) is 4.79 Å². The standard InChI is InChI=1S/C15H30N2O2/c1-15(2,3)19-14(18)17-12-7-5-6-9-13(17)10-8-11-16-4/h13,16H,5-12H2,1-4H3. The molecular formula is C15H30N2O2. The Bertz CT molecular complexity index is 274. The van der Waals surface area contributed by atoms with Gasteiger partial charge >= 0.3 is 6.09 Å². The minimum absolute atomic E-state index is 0.135. The van der Waals surface area contributed by atoms with E-state index in [-0.39, 0.29) is 6.09 Å². The molecule has 112 valence electrons. The molecule has 1 aliphatic rings. The fourth-order valence-electron chi connectivity index (χ4n) is 2.55. The summed E-state index contributed by atoms with van der Waals surface area (Å²) >= 11 is 0. The molecule has 4 heteroatoms. The minimum Gasteiger partial charge on any atom is -0.444 e. The van der Waals surface area contributed by atoms with Crippen molar-refractivity contribution in [1.29, 1.82) is 0 Å². The van der Waals surface area contributed by atoms with E-state index >= 15 is 0 Å². The summed E-state index contributed by atoms with van der Waals surface area (Å²) in [5.74, 6) is 0. The number of hydrogen-bond acceptors (Lipinski definition) is 3. The van der Waals surface area contributed by atoms with Gasteiger partial charge in [-0.2, -0.15) is 0 Å². The van der Waals surface area contributed by atoms with Crippen LogP contribution in [0.3, 0.4) is 0 Å². The van der Waals surface area contributed by atoms with Crippen LogP contribution in [0.4, 0.5) is 4.79 Å². The van der Waals surface area contributed by atoms with Crippen molar-refractivity contribution in [2.75, 3.05) is 20.1 Å². The average Bonchev–Trinajstić information content (AvgIpc) is 2.52. The lowest BCUT2D eigenvalue weighted by molar-refractivity contribution is 0.0156. The molecule has 1 aliphatic heterocycles. The molecule has 0 aliphatic carbocycles. The normalized spacial score (nSPS) is 21.1. The molecule has 0 aromatic heterocycles. The summed E-state index contributed by atoms with van der Waals surface area (Å²) in [5.41, 5.74) is -0.404. The zero-order valence-electron chi connectivity index (χ0n) is 13.0. The van der Waals surface area contributed by atoms with Gasteiger partial charge in [0, 0.05) is 12.6 Å². The summed E-state index contributed by atoms with van der Waals surface area (Å²) in [7, 11) is 1.97. The molecule has 0 aromatic carbocycles. The molecule has 19 heavy (non-hydrogen) atoms. The Morgan fingerprint density at radius 1 is 1.32 bits per heavy atom. The topological polar surface area (TPSA) is 41.6 Å². The summed E-state index contributed by atoms with van der Waals surface area (Å²) < 4.78 is 5.54. The van der Waals surface area contributed by atoms with Gasteiger partial charge in [-0.05, 0) is 60.0 Å². The van der Waals surface area contributed by atoms with Gasteiger partial charge in [0.25, 0.3) is 0 Å². The maximum atomic E-state index is 12.3. The monoisotopic (exact) mass is 270 g/mol. The lowest BCUT2D eigenvalue weighted by atomic mass is 10.0. The summed E-state index contributed by atoms with van der Waals surface area (Å²) in [5, 5.41) is 3.17. The third-order valence-corrected chi connectivity index (χ3v) is 3.47. The molecule has 1 saturated heterocycles. The third-order valence-electron chi connectivity index (χ3n) is 3.47. The highest BCUT2D eigenvalue weighted by Crippen LogP contribution is 2.22. The lowest BCUT2D eigenvalue weighted by Gasteiger charge is -2.32. The van der Waals surface area contributed by atoms with E-state index in [1.807, 2.05) is 32.7 Å². The molecule has 0 bridgehead atoms. The Labute approximate surface area is 117 Å². The van der Waals surface area contributed by atoms with Crippen LogP contribution in [-0.2, 0) is 4.74 Å². The lowest BCUT2D eigenvalue weighted by Crippen LogP contribution is -2.43. The van der Waals surface area contributed by atoms with E-state index in [0.717, 1.165) is 38.8 Å². The van der Waals surface area contributed by atoms with Crippen LogP contribution in [0.25, 0.3) is 0 Å². The maximum absolute atomic E-state index is 12.3. The van der Waals surface area contributed by atoms with Crippen LogP contribution in [0, 0.1) is 0 Å². The Morgan fingerprint density at radius 2 is 2.05 bits per heavy atom. The second-order valence-electron chi connectivity index (χ2n) is 6.42. The number of ether oxygens (including phenoxy) is 1. The van der Waals surface area contributed by atoms with E-state index in [1.165, 1.54) is 12.8 Å². The van der Waals surface area contributed by atoms with E-state index in [2.05, 4.69) is 5.32 Å². The largest absolute Gasteiger partial charge is 0.444 e. The number of hydrogen-bond donors (Lipinski definition) is 1. The molecule has 4 nitrogen and oxygen atoms in total. The van der Waals surface area contributed by atoms with E-state index in [4.69, 9.17) is 4.74 Å². The van der Waals surface area contributed by atoms with Crippen LogP contribution < -0.4 is 5.32 Å². The van der Waals surface area contributed by atoms with Crippen LogP contribution in [0.5, 0.6) is 0 Å². The zero-order valence-corrected chi connectivity index (χ0v) is 13.0. The van der Waals surface area contributed by atoms with Crippen molar-refractivity contribution in [1.82, 2.24) is 10.2 Å². The Hall–Kier alpha value is -0.770. The predicted molar refractivity (Wildman–Crippen MR) is 78.4 cm³/mol. The molecular weight excluding hydrogens is 240 g/mol. The highest BCUT2D eigenvalue weighted by molar-refractivity contribution is 5.68. The quantitative estimate of drug-likeness (QED) is 0.798. The molecule has 1 heterocycles. The van der Waals surface area contributed by atoms with E-state index in [1.54, 1.807) is 0 Å². The number of nitrogens with one attached hydrogen (secondary N) is 1. The van der Waals surface area contributed by atoms with Crippen LogP contribution >= 0.6 is 0 Å². The fraction of sp³-hybridized carbons (Fsp3) is 0.933.